The molecule has 2 fully saturated rings. The maximum absolute atomic E-state index is 15.6. The highest BCUT2D eigenvalue weighted by Crippen LogP contribution is 2.57. The number of carbonyl (C=O) groups excluding carboxylic acids is 1. The van der Waals surface area contributed by atoms with Gasteiger partial charge >= 0.3 is 0 Å². The molecule has 2 saturated carbocycles. The first-order valence-corrected chi connectivity index (χ1v) is 13.5. The van der Waals surface area contributed by atoms with Gasteiger partial charge < -0.3 is 10.0 Å². The van der Waals surface area contributed by atoms with Crippen LogP contribution in [0.1, 0.15) is 65.3 Å². The van der Waals surface area contributed by atoms with Crippen LogP contribution in [0, 0.1) is 11.2 Å². The number of benzene rings is 2. The first kappa shape index (κ1) is 22.0. The fraction of sp³-hybridized carbons (Fsp3) is 0.357. The highest BCUT2D eigenvalue weighted by molar-refractivity contribution is 7.98. The molecule has 2 aliphatic heterocycles. The molecule has 6 nitrogen and oxygen atoms in total. The maximum Gasteiger partial charge on any atom is 0.278 e. The summed E-state index contributed by atoms with van der Waals surface area (Å²) in [7, 11) is 0. The summed E-state index contributed by atoms with van der Waals surface area (Å²) < 4.78 is 17.2. The molecule has 3 heterocycles. The van der Waals surface area contributed by atoms with Crippen molar-refractivity contribution in [2.75, 3.05) is 11.7 Å². The summed E-state index contributed by atoms with van der Waals surface area (Å²) >= 11 is 1.67. The van der Waals surface area contributed by atoms with Gasteiger partial charge in [-0.15, -0.1) is 11.8 Å². The summed E-state index contributed by atoms with van der Waals surface area (Å²) in [6, 6.07) is 13.9. The fourth-order valence-corrected chi connectivity index (χ4v) is 7.64. The van der Waals surface area contributed by atoms with Gasteiger partial charge in [0.2, 0.25) is 5.43 Å². The second-order valence-electron chi connectivity index (χ2n) is 10.5. The van der Waals surface area contributed by atoms with Crippen LogP contribution in [0.3, 0.4) is 0 Å². The molecule has 1 amide bonds. The molecule has 4 aliphatic rings. The van der Waals surface area contributed by atoms with E-state index in [-0.39, 0.29) is 30.1 Å². The van der Waals surface area contributed by atoms with Gasteiger partial charge in [0.25, 0.3) is 5.91 Å². The zero-order valence-corrected chi connectivity index (χ0v) is 20.5. The van der Waals surface area contributed by atoms with Crippen molar-refractivity contribution in [2.45, 2.75) is 54.8 Å². The van der Waals surface area contributed by atoms with E-state index in [9.17, 15) is 14.7 Å². The molecule has 1 atom stereocenters. The van der Waals surface area contributed by atoms with Gasteiger partial charge in [-0.3, -0.25) is 19.3 Å². The normalized spacial score (nSPS) is 22.2. The number of carbonyl (C=O) groups is 1. The summed E-state index contributed by atoms with van der Waals surface area (Å²) in [6.45, 7) is 0.242. The molecule has 2 aliphatic carbocycles. The molecule has 36 heavy (non-hydrogen) atoms. The van der Waals surface area contributed by atoms with Crippen LogP contribution in [0.2, 0.25) is 0 Å². The molecule has 7 rings (SSSR count). The predicted molar refractivity (Wildman–Crippen MR) is 135 cm³/mol. The maximum atomic E-state index is 15.6. The van der Waals surface area contributed by atoms with Crippen LogP contribution in [0.4, 0.5) is 4.39 Å². The van der Waals surface area contributed by atoms with Crippen LogP contribution in [-0.4, -0.2) is 33.3 Å². The van der Waals surface area contributed by atoms with Crippen LogP contribution in [0.25, 0.3) is 0 Å². The van der Waals surface area contributed by atoms with Crippen molar-refractivity contribution in [3.63, 3.8) is 0 Å². The summed E-state index contributed by atoms with van der Waals surface area (Å²) in [5, 5.41) is 12.7. The first-order valence-electron chi connectivity index (χ1n) is 12.5. The van der Waals surface area contributed by atoms with E-state index < -0.39 is 17.2 Å². The van der Waals surface area contributed by atoms with Crippen LogP contribution in [0.15, 0.2) is 64.4 Å². The minimum Gasteiger partial charge on any atom is -0.502 e. The van der Waals surface area contributed by atoms with Crippen LogP contribution in [0.5, 0.6) is 5.75 Å². The summed E-state index contributed by atoms with van der Waals surface area (Å²) in [5.41, 5.74) is 2.11. The molecule has 3 aromatic rings. The lowest BCUT2D eigenvalue weighted by Gasteiger charge is -2.58. The van der Waals surface area contributed by atoms with E-state index in [0.29, 0.717) is 16.7 Å². The molecule has 0 saturated heterocycles. The third-order valence-corrected chi connectivity index (χ3v) is 9.73. The van der Waals surface area contributed by atoms with E-state index in [1.807, 2.05) is 35.3 Å². The van der Waals surface area contributed by atoms with Gasteiger partial charge in [0, 0.05) is 34.5 Å². The number of aromatic hydroxyl groups is 1. The number of hydrogen-bond donors (Lipinski definition) is 1. The van der Waals surface area contributed by atoms with E-state index in [2.05, 4.69) is 0 Å². The lowest BCUT2D eigenvalue weighted by atomic mass is 9.54. The molecule has 1 aromatic heterocycles. The number of pyridine rings is 1. The number of fused-ring (bicyclic) bond motifs is 3. The van der Waals surface area contributed by atoms with Crippen molar-refractivity contribution in [1.82, 2.24) is 9.58 Å². The third kappa shape index (κ3) is 3.09. The molecular formula is C28H26FN3O3S. The van der Waals surface area contributed by atoms with Gasteiger partial charge in [-0.1, -0.05) is 36.8 Å². The lowest BCUT2D eigenvalue weighted by Crippen LogP contribution is -2.63. The van der Waals surface area contributed by atoms with Crippen molar-refractivity contribution in [3.8, 4) is 5.75 Å². The minimum absolute atomic E-state index is 0.0410. The Kier molecular flexibility index (Phi) is 4.80. The molecule has 8 heteroatoms. The number of nitrogens with zero attached hydrogens (tertiary/aromatic N) is 3. The quantitative estimate of drug-likeness (QED) is 0.546. The Morgan fingerprint density at radius 1 is 1.03 bits per heavy atom. The van der Waals surface area contributed by atoms with Crippen molar-refractivity contribution in [3.05, 3.63) is 93.2 Å². The second kappa shape index (κ2) is 7.87. The molecule has 184 valence electrons. The number of rotatable bonds is 2. The van der Waals surface area contributed by atoms with E-state index in [4.69, 9.17) is 0 Å². The molecule has 0 unspecified atom stereocenters. The first-order chi connectivity index (χ1) is 17.5. The fourth-order valence-electron chi connectivity index (χ4n) is 6.56. The molecule has 0 radical (unpaired) electrons. The van der Waals surface area contributed by atoms with Crippen LogP contribution < -0.4 is 10.4 Å². The van der Waals surface area contributed by atoms with Gasteiger partial charge in [-0.2, -0.15) is 0 Å². The highest BCUT2D eigenvalue weighted by atomic mass is 32.2. The van der Waals surface area contributed by atoms with E-state index in [1.54, 1.807) is 27.4 Å². The zero-order chi connectivity index (χ0) is 24.6. The average Bonchev–Trinajstić information content (AvgIpc) is 2.99. The summed E-state index contributed by atoms with van der Waals surface area (Å²) in [4.78, 5) is 29.0. The van der Waals surface area contributed by atoms with Gasteiger partial charge in [0.1, 0.15) is 18.5 Å². The van der Waals surface area contributed by atoms with Gasteiger partial charge in [0.15, 0.2) is 11.4 Å². The highest BCUT2D eigenvalue weighted by Gasteiger charge is 2.53. The van der Waals surface area contributed by atoms with Crippen molar-refractivity contribution in [1.29, 1.82) is 0 Å². The Labute approximate surface area is 212 Å². The molecule has 0 bridgehead atoms. The zero-order valence-electron chi connectivity index (χ0n) is 19.7. The molecule has 2 aromatic carbocycles. The standard InChI is InChI=1S/C28H26FN3O3S/c29-20-7-3-5-17-15-36-22-8-2-1-6-19(22)24(23(17)20)32-16-30(18-13-28(14-18)10-4-11-28)27(35)25-26(34)21(33)9-12-31(25)32/h1-3,5-9,12,18,24,34H,4,10-11,13-16H2/t24-/m1/s1. The number of thioether (sulfide) groups is 1. The third-order valence-electron chi connectivity index (χ3n) is 8.60. The average molecular weight is 504 g/mol. The van der Waals surface area contributed by atoms with Gasteiger partial charge in [-0.05, 0) is 54.4 Å². The summed E-state index contributed by atoms with van der Waals surface area (Å²) in [5.74, 6) is -0.572. The van der Waals surface area contributed by atoms with E-state index in [0.717, 1.165) is 28.9 Å². The Bertz CT molecular complexity index is 1460. The number of hydrogen-bond acceptors (Lipinski definition) is 5. The molecule has 1 N–H and O–H groups in total. The number of aromatic nitrogens is 1. The topological polar surface area (TPSA) is 65.8 Å². The monoisotopic (exact) mass is 503 g/mol. The van der Waals surface area contributed by atoms with Crippen molar-refractivity contribution >= 4 is 17.7 Å². The number of amides is 1. The Morgan fingerprint density at radius 2 is 1.83 bits per heavy atom. The van der Waals surface area contributed by atoms with Crippen molar-refractivity contribution < 1.29 is 14.3 Å². The minimum atomic E-state index is -0.594. The second-order valence-corrected chi connectivity index (χ2v) is 11.6. The van der Waals surface area contributed by atoms with E-state index in [1.165, 1.54) is 37.6 Å². The Balaban J connectivity index is 1.42. The number of halogens is 1. The molecule has 1 spiro atoms. The smallest absolute Gasteiger partial charge is 0.278 e. The largest absolute Gasteiger partial charge is 0.502 e. The van der Waals surface area contributed by atoms with Crippen LogP contribution >= 0.6 is 11.8 Å². The molecular weight excluding hydrogens is 477 g/mol. The Hall–Kier alpha value is -3.26. The van der Waals surface area contributed by atoms with Gasteiger partial charge in [-0.25, -0.2) is 4.39 Å². The Morgan fingerprint density at radius 3 is 2.61 bits per heavy atom. The SMILES string of the molecule is O=C1c2c(O)c(=O)ccn2N([C@@H]2c3ccccc3SCc3cccc(F)c32)CN1C1CC2(CCC2)C1. The van der Waals surface area contributed by atoms with E-state index >= 15 is 4.39 Å². The lowest BCUT2D eigenvalue weighted by molar-refractivity contribution is -0.0498. The van der Waals surface area contributed by atoms with Crippen LogP contribution in [-0.2, 0) is 5.75 Å². The van der Waals surface area contributed by atoms with Crippen molar-refractivity contribution in [2.24, 2.45) is 5.41 Å². The van der Waals surface area contributed by atoms with Gasteiger partial charge in [0.05, 0.1) is 0 Å². The summed E-state index contributed by atoms with van der Waals surface area (Å²) in [6.07, 6.45) is 7.03. The predicted octanol–water partition coefficient (Wildman–Crippen LogP) is 4.77.